The molecule has 0 radical (unpaired) electrons. The molecule has 2 rings (SSSR count). The number of rotatable bonds is 9. The van der Waals surface area contributed by atoms with E-state index in [0.717, 1.165) is 17.4 Å². The topological polar surface area (TPSA) is 75.7 Å². The Balaban J connectivity index is 2.37. The largest absolute Gasteiger partial charge is 0.497 e. The van der Waals surface area contributed by atoms with Crippen LogP contribution in [0, 0.1) is 13.8 Å². The maximum absolute atomic E-state index is 13.2. The highest BCUT2D eigenvalue weighted by Crippen LogP contribution is 2.27. The van der Waals surface area contributed by atoms with E-state index in [2.05, 4.69) is 11.4 Å². The van der Waals surface area contributed by atoms with Crippen LogP contribution in [0.25, 0.3) is 0 Å². The van der Waals surface area contributed by atoms with Gasteiger partial charge in [0, 0.05) is 6.07 Å². The number of carbonyl (C=O) groups is 1. The summed E-state index contributed by atoms with van der Waals surface area (Å²) in [6, 6.07) is 11.8. The van der Waals surface area contributed by atoms with E-state index in [1.807, 2.05) is 32.9 Å². The van der Waals surface area contributed by atoms with Gasteiger partial charge in [-0.25, -0.2) is 8.42 Å². The zero-order valence-corrected chi connectivity index (χ0v) is 19.4. The van der Waals surface area contributed by atoms with Crippen molar-refractivity contribution in [1.82, 2.24) is 5.32 Å². The highest BCUT2D eigenvalue weighted by atomic mass is 32.2. The van der Waals surface area contributed by atoms with Crippen LogP contribution in [-0.4, -0.2) is 33.7 Å². The summed E-state index contributed by atoms with van der Waals surface area (Å²) < 4.78 is 31.7. The molecule has 0 fully saturated rings. The van der Waals surface area contributed by atoms with Crippen molar-refractivity contribution in [2.75, 3.05) is 17.7 Å². The molecular weight excluding hydrogens is 400 g/mol. The zero-order chi connectivity index (χ0) is 22.5. The summed E-state index contributed by atoms with van der Waals surface area (Å²) in [7, 11) is -2.18. The lowest BCUT2D eigenvalue weighted by atomic mass is 9.99. The molecule has 0 saturated heterocycles. The monoisotopic (exact) mass is 432 g/mol. The van der Waals surface area contributed by atoms with E-state index >= 15 is 0 Å². The van der Waals surface area contributed by atoms with E-state index in [-0.39, 0.29) is 11.9 Å². The fraction of sp³-hybridized carbons (Fsp3) is 0.435. The number of aryl methyl sites for hydroxylation is 2. The number of nitrogens with one attached hydrogen (secondary N) is 1. The van der Waals surface area contributed by atoms with Gasteiger partial charge in [0.15, 0.2) is 0 Å². The number of sulfonamides is 1. The quantitative estimate of drug-likeness (QED) is 0.647. The minimum Gasteiger partial charge on any atom is -0.497 e. The van der Waals surface area contributed by atoms with Gasteiger partial charge in [0.2, 0.25) is 15.9 Å². The Hall–Kier alpha value is -2.54. The number of nitrogens with zero attached hydrogens (tertiary/aromatic N) is 1. The third-order valence-electron chi connectivity index (χ3n) is 5.30. The lowest BCUT2D eigenvalue weighted by molar-refractivity contribution is -0.123. The van der Waals surface area contributed by atoms with Crippen molar-refractivity contribution in [2.24, 2.45) is 0 Å². The maximum Gasteiger partial charge on any atom is 0.244 e. The summed E-state index contributed by atoms with van der Waals surface area (Å²) in [6.07, 6.45) is 2.14. The Kier molecular flexibility index (Phi) is 7.89. The van der Waals surface area contributed by atoms with Gasteiger partial charge >= 0.3 is 0 Å². The number of methoxy groups -OCH3 is 1. The van der Waals surface area contributed by atoms with Gasteiger partial charge in [0.1, 0.15) is 11.8 Å². The van der Waals surface area contributed by atoms with Crippen LogP contribution >= 0.6 is 0 Å². The van der Waals surface area contributed by atoms with Gasteiger partial charge < -0.3 is 10.1 Å². The molecule has 0 bridgehead atoms. The van der Waals surface area contributed by atoms with Crippen molar-refractivity contribution in [3.8, 4) is 5.75 Å². The summed E-state index contributed by atoms with van der Waals surface area (Å²) in [5.41, 5.74) is 3.75. The third-order valence-corrected chi connectivity index (χ3v) is 6.48. The number of anilines is 1. The SMILES string of the molecule is CC[C@@H](NC(=O)[C@H](CC)N(c1cccc(OC)c1)S(C)(=O)=O)c1ccc(C)c(C)c1. The van der Waals surface area contributed by atoms with Crippen LogP contribution in [-0.2, 0) is 14.8 Å². The fourth-order valence-electron chi connectivity index (χ4n) is 3.48. The van der Waals surface area contributed by atoms with Gasteiger partial charge in [0.05, 0.1) is 25.1 Å². The van der Waals surface area contributed by atoms with E-state index < -0.39 is 16.1 Å². The molecule has 164 valence electrons. The Morgan fingerprint density at radius 3 is 2.30 bits per heavy atom. The molecule has 0 heterocycles. The van der Waals surface area contributed by atoms with Crippen LogP contribution in [0.15, 0.2) is 42.5 Å². The highest BCUT2D eigenvalue weighted by Gasteiger charge is 2.32. The number of hydrogen-bond acceptors (Lipinski definition) is 4. The van der Waals surface area contributed by atoms with E-state index in [1.54, 1.807) is 31.2 Å². The van der Waals surface area contributed by atoms with Crippen LogP contribution in [0.5, 0.6) is 5.75 Å². The van der Waals surface area contributed by atoms with Crippen LogP contribution in [0.4, 0.5) is 5.69 Å². The van der Waals surface area contributed by atoms with Gasteiger partial charge in [-0.15, -0.1) is 0 Å². The van der Waals surface area contributed by atoms with Gasteiger partial charge in [0.25, 0.3) is 0 Å². The number of benzene rings is 2. The molecular formula is C23H32N2O4S. The molecule has 0 aliphatic rings. The van der Waals surface area contributed by atoms with E-state index in [9.17, 15) is 13.2 Å². The van der Waals surface area contributed by atoms with Crippen molar-refractivity contribution in [1.29, 1.82) is 0 Å². The highest BCUT2D eigenvalue weighted by molar-refractivity contribution is 7.92. The van der Waals surface area contributed by atoms with E-state index in [1.165, 1.54) is 17.0 Å². The zero-order valence-electron chi connectivity index (χ0n) is 18.6. The predicted octanol–water partition coefficient (Wildman–Crippen LogP) is 4.12. The molecule has 2 aromatic carbocycles. The van der Waals surface area contributed by atoms with Gasteiger partial charge in [-0.2, -0.15) is 0 Å². The predicted molar refractivity (Wildman–Crippen MR) is 121 cm³/mol. The van der Waals surface area contributed by atoms with Crippen molar-refractivity contribution >= 4 is 21.6 Å². The molecule has 1 N–H and O–H groups in total. The second-order valence-electron chi connectivity index (χ2n) is 7.50. The summed E-state index contributed by atoms with van der Waals surface area (Å²) in [4.78, 5) is 13.2. The maximum atomic E-state index is 13.2. The van der Waals surface area contributed by atoms with E-state index in [0.29, 0.717) is 24.3 Å². The molecule has 0 unspecified atom stereocenters. The van der Waals surface area contributed by atoms with Crippen molar-refractivity contribution in [2.45, 2.75) is 52.6 Å². The summed E-state index contributed by atoms with van der Waals surface area (Å²) in [6.45, 7) is 7.89. The molecule has 0 saturated carbocycles. The third kappa shape index (κ3) is 5.53. The summed E-state index contributed by atoms with van der Waals surface area (Å²) in [5, 5.41) is 3.06. The van der Waals surface area contributed by atoms with Crippen LogP contribution in [0.2, 0.25) is 0 Å². The molecule has 1 amide bonds. The molecule has 2 atom stereocenters. The molecule has 7 heteroatoms. The van der Waals surface area contributed by atoms with Crippen LogP contribution in [0.1, 0.15) is 49.4 Å². The molecule has 6 nitrogen and oxygen atoms in total. The summed E-state index contributed by atoms with van der Waals surface area (Å²) >= 11 is 0. The van der Waals surface area contributed by atoms with E-state index in [4.69, 9.17) is 4.74 Å². The lowest BCUT2D eigenvalue weighted by Crippen LogP contribution is -2.50. The average Bonchev–Trinajstić information content (AvgIpc) is 2.71. The Labute approximate surface area is 180 Å². The molecule has 0 aliphatic carbocycles. The molecule has 2 aromatic rings. The van der Waals surface area contributed by atoms with Crippen LogP contribution < -0.4 is 14.4 Å². The van der Waals surface area contributed by atoms with Gasteiger partial charge in [-0.3, -0.25) is 9.10 Å². The van der Waals surface area contributed by atoms with Crippen molar-refractivity contribution in [3.63, 3.8) is 0 Å². The molecule has 30 heavy (non-hydrogen) atoms. The van der Waals surface area contributed by atoms with Crippen molar-refractivity contribution < 1.29 is 17.9 Å². The average molecular weight is 433 g/mol. The summed E-state index contributed by atoms with van der Waals surface area (Å²) in [5.74, 6) is 0.203. The first-order chi connectivity index (χ1) is 14.1. The van der Waals surface area contributed by atoms with Crippen LogP contribution in [0.3, 0.4) is 0 Å². The number of carbonyl (C=O) groups excluding carboxylic acids is 1. The number of ether oxygens (including phenoxy) is 1. The Morgan fingerprint density at radius 1 is 1.07 bits per heavy atom. The Morgan fingerprint density at radius 2 is 1.77 bits per heavy atom. The first kappa shape index (κ1) is 23.7. The minimum atomic E-state index is -3.70. The second-order valence-corrected chi connectivity index (χ2v) is 9.36. The Bertz CT molecular complexity index is 988. The van der Waals surface area contributed by atoms with Gasteiger partial charge in [-0.1, -0.05) is 38.1 Å². The lowest BCUT2D eigenvalue weighted by Gasteiger charge is -2.31. The number of hydrogen-bond donors (Lipinski definition) is 1. The smallest absolute Gasteiger partial charge is 0.244 e. The first-order valence-corrected chi connectivity index (χ1v) is 12.0. The van der Waals surface area contributed by atoms with Crippen molar-refractivity contribution in [3.05, 3.63) is 59.2 Å². The molecule has 0 spiro atoms. The standard InChI is InChI=1S/C23H32N2O4S/c1-7-21(18-13-12-16(3)17(4)14-18)24-23(26)22(8-2)25(30(6,27)28)19-10-9-11-20(15-19)29-5/h9-15,21-22H,7-8H2,1-6H3,(H,24,26)/t21-,22+/m1/s1. The first-order valence-electron chi connectivity index (χ1n) is 10.1. The normalized spacial score (nSPS) is 13.4. The minimum absolute atomic E-state index is 0.197. The second kappa shape index (κ2) is 9.98. The molecule has 0 aliphatic heterocycles. The fourth-order valence-corrected chi connectivity index (χ4v) is 4.68. The van der Waals surface area contributed by atoms with Gasteiger partial charge in [-0.05, 0) is 55.5 Å². The molecule has 0 aromatic heterocycles. The number of amides is 1.